The van der Waals surface area contributed by atoms with Crippen LogP contribution >= 0.6 is 0 Å². The van der Waals surface area contributed by atoms with E-state index >= 15 is 0 Å². The maximum absolute atomic E-state index is 11.9. The lowest BCUT2D eigenvalue weighted by Crippen LogP contribution is -2.20. The Balaban J connectivity index is 2.11. The fourth-order valence-electron chi connectivity index (χ4n) is 2.15. The molecule has 1 aromatic heterocycles. The summed E-state index contributed by atoms with van der Waals surface area (Å²) in [4.78, 5) is 18.9. The first kappa shape index (κ1) is 15.3. The van der Waals surface area contributed by atoms with Crippen LogP contribution in [0.5, 0.6) is 5.75 Å². The Bertz CT molecular complexity index is 665. The summed E-state index contributed by atoms with van der Waals surface area (Å²) in [7, 11) is 0. The van der Waals surface area contributed by atoms with Crippen LogP contribution in [0.15, 0.2) is 29.1 Å². The third-order valence-electron chi connectivity index (χ3n) is 3.32. The van der Waals surface area contributed by atoms with Gasteiger partial charge in [0.2, 0.25) is 0 Å². The molecule has 0 atom stereocenters. The predicted octanol–water partition coefficient (Wildman–Crippen LogP) is 1.75. The highest BCUT2D eigenvalue weighted by molar-refractivity contribution is 5.28. The van der Waals surface area contributed by atoms with Gasteiger partial charge < -0.3 is 14.8 Å². The van der Waals surface area contributed by atoms with Crippen molar-refractivity contribution in [2.75, 3.05) is 6.61 Å². The van der Waals surface area contributed by atoms with Gasteiger partial charge in [-0.3, -0.25) is 4.79 Å². The summed E-state index contributed by atoms with van der Waals surface area (Å²) in [5.74, 6) is 1.25. The molecule has 0 bridgehead atoms. The lowest BCUT2D eigenvalue weighted by Gasteiger charge is -2.09. The zero-order chi connectivity index (χ0) is 15.2. The van der Waals surface area contributed by atoms with E-state index in [2.05, 4.69) is 16.9 Å². The highest BCUT2D eigenvalue weighted by atomic mass is 16.5. The van der Waals surface area contributed by atoms with Gasteiger partial charge >= 0.3 is 0 Å². The number of hydrogen-bond acceptors (Lipinski definition) is 4. The third kappa shape index (κ3) is 3.92. The summed E-state index contributed by atoms with van der Waals surface area (Å²) in [5, 5.41) is 8.93. The molecule has 5 heteroatoms. The molecule has 0 aliphatic heterocycles. The first-order chi connectivity index (χ1) is 10.1. The van der Waals surface area contributed by atoms with E-state index in [0.717, 1.165) is 12.2 Å². The van der Waals surface area contributed by atoms with Crippen molar-refractivity contribution in [3.05, 3.63) is 57.3 Å². The van der Waals surface area contributed by atoms with E-state index < -0.39 is 0 Å². The molecule has 0 aliphatic rings. The number of aromatic amines is 1. The van der Waals surface area contributed by atoms with Crippen LogP contribution < -0.4 is 10.3 Å². The quantitative estimate of drug-likeness (QED) is 0.849. The van der Waals surface area contributed by atoms with Crippen molar-refractivity contribution in [1.29, 1.82) is 0 Å². The summed E-state index contributed by atoms with van der Waals surface area (Å²) < 4.78 is 5.66. The van der Waals surface area contributed by atoms with Crippen molar-refractivity contribution >= 4 is 0 Å². The van der Waals surface area contributed by atoms with Crippen molar-refractivity contribution in [1.82, 2.24) is 9.97 Å². The van der Waals surface area contributed by atoms with Crippen LogP contribution in [0, 0.1) is 6.92 Å². The molecular formula is C16H20N2O3. The SMILES string of the molecule is CCc1cccc(OCc2nc(C)c(CCO)c(=O)[nH]2)c1. The fourth-order valence-corrected chi connectivity index (χ4v) is 2.15. The zero-order valence-electron chi connectivity index (χ0n) is 12.3. The monoisotopic (exact) mass is 288 g/mol. The number of benzene rings is 1. The number of H-pyrrole nitrogens is 1. The molecule has 0 radical (unpaired) electrons. The molecule has 5 nitrogen and oxygen atoms in total. The van der Waals surface area contributed by atoms with Crippen LogP contribution in [0.2, 0.25) is 0 Å². The molecule has 2 aromatic rings. The van der Waals surface area contributed by atoms with Crippen LogP contribution in [0.3, 0.4) is 0 Å². The van der Waals surface area contributed by atoms with E-state index in [1.807, 2.05) is 24.3 Å². The van der Waals surface area contributed by atoms with Crippen molar-refractivity contribution in [3.8, 4) is 5.75 Å². The second-order valence-electron chi connectivity index (χ2n) is 4.84. The largest absolute Gasteiger partial charge is 0.486 e. The number of aromatic nitrogens is 2. The average Bonchev–Trinajstić information content (AvgIpc) is 2.49. The summed E-state index contributed by atoms with van der Waals surface area (Å²) >= 11 is 0. The lowest BCUT2D eigenvalue weighted by molar-refractivity contribution is 0.292. The fraction of sp³-hybridized carbons (Fsp3) is 0.375. The standard InChI is InChI=1S/C16H20N2O3/c1-3-12-5-4-6-13(9-12)21-10-15-17-11(2)14(7-8-19)16(20)18-15/h4-6,9,19H,3,7-8,10H2,1-2H3,(H,17,18,20). The number of hydrogen-bond donors (Lipinski definition) is 2. The first-order valence-corrected chi connectivity index (χ1v) is 7.05. The van der Waals surface area contributed by atoms with Gasteiger partial charge in [-0.05, 0) is 31.0 Å². The molecule has 0 fully saturated rings. The Labute approximate surface area is 123 Å². The Kier molecular flexibility index (Phi) is 5.11. The molecule has 0 amide bonds. The number of aryl methyl sites for hydroxylation is 2. The van der Waals surface area contributed by atoms with Gasteiger partial charge in [-0.1, -0.05) is 19.1 Å². The topological polar surface area (TPSA) is 75.2 Å². The highest BCUT2D eigenvalue weighted by Crippen LogP contribution is 2.14. The minimum absolute atomic E-state index is 0.0642. The van der Waals surface area contributed by atoms with Gasteiger partial charge in [0.25, 0.3) is 5.56 Å². The molecular weight excluding hydrogens is 268 g/mol. The Morgan fingerprint density at radius 1 is 1.38 bits per heavy atom. The summed E-state index contributed by atoms with van der Waals surface area (Å²) in [6.07, 6.45) is 1.26. The molecule has 21 heavy (non-hydrogen) atoms. The highest BCUT2D eigenvalue weighted by Gasteiger charge is 2.08. The van der Waals surface area contributed by atoms with Crippen LogP contribution in [0.1, 0.15) is 29.6 Å². The van der Waals surface area contributed by atoms with Gasteiger partial charge in [0.15, 0.2) is 0 Å². The van der Waals surface area contributed by atoms with Crippen LogP contribution in [-0.2, 0) is 19.4 Å². The second-order valence-corrected chi connectivity index (χ2v) is 4.84. The summed E-state index contributed by atoms with van der Waals surface area (Å²) in [6.45, 7) is 4.00. The summed E-state index contributed by atoms with van der Waals surface area (Å²) in [6, 6.07) is 7.84. The van der Waals surface area contributed by atoms with Gasteiger partial charge in [0, 0.05) is 24.3 Å². The molecule has 2 rings (SSSR count). The van der Waals surface area contributed by atoms with Gasteiger partial charge in [0.05, 0.1) is 0 Å². The molecule has 1 aromatic carbocycles. The Morgan fingerprint density at radius 3 is 2.86 bits per heavy atom. The van der Waals surface area contributed by atoms with Gasteiger partial charge in [-0.15, -0.1) is 0 Å². The smallest absolute Gasteiger partial charge is 0.254 e. The van der Waals surface area contributed by atoms with Crippen molar-refractivity contribution in [2.24, 2.45) is 0 Å². The number of nitrogens with zero attached hydrogens (tertiary/aromatic N) is 1. The van der Waals surface area contributed by atoms with Crippen molar-refractivity contribution in [3.63, 3.8) is 0 Å². The van der Waals surface area contributed by atoms with E-state index in [9.17, 15) is 4.79 Å². The third-order valence-corrected chi connectivity index (χ3v) is 3.32. The molecule has 1 heterocycles. The van der Waals surface area contributed by atoms with Crippen molar-refractivity contribution in [2.45, 2.75) is 33.3 Å². The van der Waals surface area contributed by atoms with Crippen LogP contribution in [-0.4, -0.2) is 21.7 Å². The normalized spacial score (nSPS) is 10.6. The van der Waals surface area contributed by atoms with E-state index in [1.165, 1.54) is 5.56 Å². The molecule has 2 N–H and O–H groups in total. The molecule has 0 spiro atoms. The minimum atomic E-state index is -0.211. The van der Waals surface area contributed by atoms with E-state index in [0.29, 0.717) is 23.5 Å². The zero-order valence-corrected chi connectivity index (χ0v) is 12.3. The van der Waals surface area contributed by atoms with Crippen LogP contribution in [0.4, 0.5) is 0 Å². The molecule has 0 saturated heterocycles. The van der Waals surface area contributed by atoms with Crippen LogP contribution in [0.25, 0.3) is 0 Å². The second kappa shape index (κ2) is 7.04. The van der Waals surface area contributed by atoms with Gasteiger partial charge in [0.1, 0.15) is 18.2 Å². The summed E-state index contributed by atoms with van der Waals surface area (Å²) in [5.41, 5.74) is 2.14. The first-order valence-electron chi connectivity index (χ1n) is 7.05. The van der Waals surface area contributed by atoms with E-state index in [1.54, 1.807) is 6.92 Å². The molecule has 0 saturated carbocycles. The number of ether oxygens (including phenoxy) is 1. The molecule has 112 valence electrons. The maximum Gasteiger partial charge on any atom is 0.254 e. The van der Waals surface area contributed by atoms with E-state index in [-0.39, 0.29) is 18.8 Å². The molecule has 0 aliphatic carbocycles. The average molecular weight is 288 g/mol. The van der Waals surface area contributed by atoms with Gasteiger partial charge in [-0.2, -0.15) is 0 Å². The Morgan fingerprint density at radius 2 is 2.19 bits per heavy atom. The predicted molar refractivity (Wildman–Crippen MR) is 80.5 cm³/mol. The number of aliphatic hydroxyl groups is 1. The number of aliphatic hydroxyl groups excluding tert-OH is 1. The maximum atomic E-state index is 11.9. The lowest BCUT2D eigenvalue weighted by atomic mass is 10.2. The minimum Gasteiger partial charge on any atom is -0.486 e. The van der Waals surface area contributed by atoms with Crippen molar-refractivity contribution < 1.29 is 9.84 Å². The number of rotatable bonds is 6. The molecule has 0 unspecified atom stereocenters. The number of nitrogens with one attached hydrogen (secondary N) is 1. The Hall–Kier alpha value is -2.14. The van der Waals surface area contributed by atoms with Gasteiger partial charge in [-0.25, -0.2) is 4.98 Å². The van der Waals surface area contributed by atoms with E-state index in [4.69, 9.17) is 9.84 Å².